The smallest absolute Gasteiger partial charge is 0.410 e. The Hall–Kier alpha value is -0.770. The van der Waals surface area contributed by atoms with Crippen molar-refractivity contribution in [2.24, 2.45) is 17.1 Å². The topological polar surface area (TPSA) is 55.6 Å². The number of hydrogen-bond donors (Lipinski definition) is 1. The van der Waals surface area contributed by atoms with Gasteiger partial charge in [-0.15, -0.1) is 0 Å². The van der Waals surface area contributed by atoms with Crippen LogP contribution in [0.25, 0.3) is 0 Å². The van der Waals surface area contributed by atoms with Crippen LogP contribution in [0.5, 0.6) is 0 Å². The number of hydrogen-bond acceptors (Lipinski definition) is 3. The van der Waals surface area contributed by atoms with Crippen molar-refractivity contribution in [2.75, 3.05) is 13.1 Å². The average molecular weight is 310 g/mol. The lowest BCUT2D eigenvalue weighted by Gasteiger charge is -2.36. The summed E-state index contributed by atoms with van der Waals surface area (Å²) < 4.78 is 5.50. The highest BCUT2D eigenvalue weighted by Crippen LogP contribution is 2.56. The molecule has 1 atom stereocenters. The molecule has 1 heterocycles. The molecule has 1 aliphatic heterocycles. The van der Waals surface area contributed by atoms with Crippen LogP contribution in [0, 0.1) is 11.3 Å². The van der Waals surface area contributed by atoms with Gasteiger partial charge in [-0.1, -0.05) is 0 Å². The molecule has 0 aromatic carbocycles. The van der Waals surface area contributed by atoms with Crippen molar-refractivity contribution in [3.05, 3.63) is 0 Å². The number of piperidine rings is 1. The first kappa shape index (κ1) is 17.6. The largest absolute Gasteiger partial charge is 0.444 e. The van der Waals surface area contributed by atoms with Crippen molar-refractivity contribution >= 4 is 6.09 Å². The number of amides is 1. The third-order valence-corrected chi connectivity index (χ3v) is 5.42. The normalized spacial score (nSPS) is 25.0. The first-order valence-corrected chi connectivity index (χ1v) is 8.79. The van der Waals surface area contributed by atoms with E-state index in [1.165, 1.54) is 32.1 Å². The summed E-state index contributed by atoms with van der Waals surface area (Å²) in [6.45, 7) is 11.8. The molecule has 1 amide bonds. The monoisotopic (exact) mass is 310 g/mol. The third kappa shape index (κ3) is 4.37. The van der Waals surface area contributed by atoms with Gasteiger partial charge >= 0.3 is 6.09 Å². The molecule has 0 aromatic rings. The molecule has 1 saturated carbocycles. The molecular weight excluding hydrogens is 276 g/mol. The van der Waals surface area contributed by atoms with Crippen LogP contribution in [0.2, 0.25) is 0 Å². The van der Waals surface area contributed by atoms with Gasteiger partial charge in [-0.05, 0) is 84.5 Å². The number of carbonyl (C=O) groups is 1. The van der Waals surface area contributed by atoms with Crippen LogP contribution in [0.4, 0.5) is 4.79 Å². The van der Waals surface area contributed by atoms with E-state index in [2.05, 4.69) is 13.8 Å². The van der Waals surface area contributed by atoms with Crippen LogP contribution in [-0.4, -0.2) is 35.2 Å². The Morgan fingerprint density at radius 3 is 2.41 bits per heavy atom. The van der Waals surface area contributed by atoms with Crippen LogP contribution in [-0.2, 0) is 4.74 Å². The SMILES string of the molecule is CC(C)(C)OC(=O)N1CCCC(CCC2(C(C)(C)N)CC2)C1. The molecule has 0 bridgehead atoms. The minimum Gasteiger partial charge on any atom is -0.444 e. The molecule has 1 unspecified atom stereocenters. The lowest BCUT2D eigenvalue weighted by Crippen LogP contribution is -2.44. The van der Waals surface area contributed by atoms with Gasteiger partial charge in [0.2, 0.25) is 0 Å². The van der Waals surface area contributed by atoms with E-state index in [4.69, 9.17) is 10.5 Å². The predicted octanol–water partition coefficient (Wildman–Crippen LogP) is 3.93. The van der Waals surface area contributed by atoms with Gasteiger partial charge in [-0.3, -0.25) is 0 Å². The van der Waals surface area contributed by atoms with Gasteiger partial charge < -0.3 is 15.4 Å². The molecule has 0 aromatic heterocycles. The second kappa shape index (κ2) is 6.03. The van der Waals surface area contributed by atoms with Gasteiger partial charge in [-0.2, -0.15) is 0 Å². The van der Waals surface area contributed by atoms with Crippen molar-refractivity contribution in [3.8, 4) is 0 Å². The fourth-order valence-electron chi connectivity index (χ4n) is 3.64. The quantitative estimate of drug-likeness (QED) is 0.856. The number of nitrogens with two attached hydrogens (primary N) is 1. The van der Waals surface area contributed by atoms with Gasteiger partial charge in [0.1, 0.15) is 5.60 Å². The fourth-order valence-corrected chi connectivity index (χ4v) is 3.64. The van der Waals surface area contributed by atoms with Crippen LogP contribution in [0.1, 0.15) is 73.1 Å². The molecule has 0 spiro atoms. The molecule has 4 heteroatoms. The van der Waals surface area contributed by atoms with E-state index in [1.807, 2.05) is 25.7 Å². The molecule has 1 saturated heterocycles. The van der Waals surface area contributed by atoms with Gasteiger partial charge in [0.05, 0.1) is 0 Å². The van der Waals surface area contributed by atoms with Crippen molar-refractivity contribution in [1.29, 1.82) is 0 Å². The van der Waals surface area contributed by atoms with E-state index < -0.39 is 5.60 Å². The summed E-state index contributed by atoms with van der Waals surface area (Å²) in [7, 11) is 0. The highest BCUT2D eigenvalue weighted by molar-refractivity contribution is 5.68. The average Bonchev–Trinajstić information content (AvgIpc) is 3.15. The third-order valence-electron chi connectivity index (χ3n) is 5.42. The minimum atomic E-state index is -0.411. The number of ether oxygens (including phenoxy) is 1. The van der Waals surface area contributed by atoms with E-state index in [0.29, 0.717) is 11.3 Å². The predicted molar refractivity (Wildman–Crippen MR) is 89.7 cm³/mol. The van der Waals surface area contributed by atoms with Crippen molar-refractivity contribution < 1.29 is 9.53 Å². The molecule has 4 nitrogen and oxygen atoms in total. The summed E-state index contributed by atoms with van der Waals surface area (Å²) in [5.41, 5.74) is 6.21. The standard InChI is InChI=1S/C18H34N2O2/c1-16(2,3)22-15(21)20-12-6-7-14(13-20)8-9-18(10-11-18)17(4,5)19/h14H,6-13,19H2,1-5H3. The lowest BCUT2D eigenvalue weighted by atomic mass is 9.78. The number of carbonyl (C=O) groups excluding carboxylic acids is 1. The van der Waals surface area contributed by atoms with Crippen LogP contribution >= 0.6 is 0 Å². The fraction of sp³-hybridized carbons (Fsp3) is 0.944. The summed E-state index contributed by atoms with van der Waals surface area (Å²) in [6.07, 6.45) is 7.06. The van der Waals surface area contributed by atoms with Crippen LogP contribution in [0.3, 0.4) is 0 Å². The van der Waals surface area contributed by atoms with Crippen molar-refractivity contribution in [1.82, 2.24) is 4.90 Å². The summed E-state index contributed by atoms with van der Waals surface area (Å²) in [4.78, 5) is 14.1. The molecule has 0 radical (unpaired) electrons. The highest BCUT2D eigenvalue weighted by Gasteiger charge is 2.51. The minimum absolute atomic E-state index is 0.0769. The second-order valence-electron chi connectivity index (χ2n) is 8.98. The van der Waals surface area contributed by atoms with Gasteiger partial charge in [0.25, 0.3) is 0 Å². The molecule has 1 aliphatic carbocycles. The number of rotatable bonds is 4. The Balaban J connectivity index is 1.83. The van der Waals surface area contributed by atoms with Gasteiger partial charge in [0, 0.05) is 18.6 Å². The molecule has 22 heavy (non-hydrogen) atoms. The van der Waals surface area contributed by atoms with Crippen molar-refractivity contribution in [3.63, 3.8) is 0 Å². The number of nitrogens with zero attached hydrogens (tertiary/aromatic N) is 1. The molecular formula is C18H34N2O2. The maximum absolute atomic E-state index is 12.2. The first-order valence-electron chi connectivity index (χ1n) is 8.79. The Morgan fingerprint density at radius 2 is 1.91 bits per heavy atom. The lowest BCUT2D eigenvalue weighted by molar-refractivity contribution is 0.0155. The second-order valence-corrected chi connectivity index (χ2v) is 8.98. The maximum Gasteiger partial charge on any atom is 0.410 e. The Bertz CT molecular complexity index is 402. The first-order chi connectivity index (χ1) is 10.0. The van der Waals surface area contributed by atoms with E-state index >= 15 is 0 Å². The summed E-state index contributed by atoms with van der Waals surface area (Å²) in [6, 6.07) is 0. The molecule has 2 fully saturated rings. The van der Waals surface area contributed by atoms with E-state index in [0.717, 1.165) is 19.5 Å². The zero-order valence-corrected chi connectivity index (χ0v) is 15.1. The van der Waals surface area contributed by atoms with Crippen molar-refractivity contribution in [2.45, 2.75) is 84.3 Å². The Labute approximate surface area is 135 Å². The summed E-state index contributed by atoms with van der Waals surface area (Å²) in [5.74, 6) is 0.598. The maximum atomic E-state index is 12.2. The van der Waals surface area contributed by atoms with E-state index in [-0.39, 0.29) is 11.6 Å². The highest BCUT2D eigenvalue weighted by atomic mass is 16.6. The van der Waals surface area contributed by atoms with Gasteiger partial charge in [0.15, 0.2) is 0 Å². The van der Waals surface area contributed by atoms with Crippen LogP contribution in [0.15, 0.2) is 0 Å². The molecule has 2 N–H and O–H groups in total. The number of likely N-dealkylation sites (tertiary alicyclic amines) is 1. The zero-order valence-electron chi connectivity index (χ0n) is 15.1. The Kier molecular flexibility index (Phi) is 4.82. The summed E-state index contributed by atoms with van der Waals surface area (Å²) >= 11 is 0. The molecule has 128 valence electrons. The van der Waals surface area contributed by atoms with Crippen LogP contribution < -0.4 is 5.73 Å². The zero-order chi connectivity index (χ0) is 16.6. The summed E-state index contributed by atoms with van der Waals surface area (Å²) in [5, 5.41) is 0. The van der Waals surface area contributed by atoms with E-state index in [9.17, 15) is 4.79 Å². The van der Waals surface area contributed by atoms with Gasteiger partial charge in [-0.25, -0.2) is 4.79 Å². The molecule has 2 rings (SSSR count). The Morgan fingerprint density at radius 1 is 1.27 bits per heavy atom. The van der Waals surface area contributed by atoms with E-state index in [1.54, 1.807) is 0 Å². The molecule has 2 aliphatic rings.